The van der Waals surface area contributed by atoms with Gasteiger partial charge in [-0.1, -0.05) is 19.3 Å². The fraction of sp³-hybridized carbons (Fsp3) is 0.926. The van der Waals surface area contributed by atoms with Gasteiger partial charge >= 0.3 is 140 Å². The Morgan fingerprint density at radius 3 is 1.06 bits per heavy atom. The van der Waals surface area contributed by atoms with E-state index in [1.165, 1.54) is 11.8 Å². The number of carboxylic acids is 2. The third kappa shape index (κ3) is 11.7. The Kier molecular flexibility index (Phi) is 15.1. The molecule has 0 amide bonds. The summed E-state index contributed by atoms with van der Waals surface area (Å²) in [7, 11) is 0. The minimum absolute atomic E-state index is 0.221. The van der Waals surface area contributed by atoms with Crippen LogP contribution in [0.2, 0.25) is 11.8 Å². The maximum absolute atomic E-state index is 10.1. The van der Waals surface area contributed by atoms with E-state index in [1.54, 1.807) is 96.3 Å². The van der Waals surface area contributed by atoms with E-state index in [0.29, 0.717) is 12.8 Å². The minimum Gasteiger partial charge on any atom is -0.481 e. The molecule has 2 N–H and O–H groups in total. The van der Waals surface area contributed by atoms with Crippen molar-refractivity contribution in [1.82, 2.24) is 0 Å². The second-order valence-corrected chi connectivity index (χ2v) is 22.2. The summed E-state index contributed by atoms with van der Waals surface area (Å²) in [4.78, 5) is 20.2. The van der Waals surface area contributed by atoms with Crippen LogP contribution in [-0.2, 0) is 9.59 Å². The van der Waals surface area contributed by atoms with Crippen molar-refractivity contribution in [2.45, 2.75) is 153 Å². The van der Waals surface area contributed by atoms with Crippen LogP contribution in [0.5, 0.6) is 0 Å². The zero-order valence-electron chi connectivity index (χ0n) is 20.6. The second-order valence-electron chi connectivity index (χ2n) is 10.8. The summed E-state index contributed by atoms with van der Waals surface area (Å²) >= 11 is -1.31. The minimum atomic E-state index is -1.31. The SMILES string of the molecule is C1CC[CH]([SnH]([CH]2CCCCC2)[CH]2CCCCC2)CC1.O=C(O)CCCCCCCC(=O)O. The Morgan fingerprint density at radius 1 is 0.500 bits per heavy atom. The molecule has 0 unspecified atom stereocenters. The Bertz CT molecular complexity index is 445. The molecule has 4 nitrogen and oxygen atoms in total. The molecule has 3 fully saturated rings. The van der Waals surface area contributed by atoms with Crippen molar-refractivity contribution in [3.05, 3.63) is 0 Å². The van der Waals surface area contributed by atoms with E-state index in [4.69, 9.17) is 10.2 Å². The van der Waals surface area contributed by atoms with Gasteiger partial charge in [0.25, 0.3) is 0 Å². The van der Waals surface area contributed by atoms with Gasteiger partial charge in [0.1, 0.15) is 0 Å². The molecule has 3 saturated carbocycles. The van der Waals surface area contributed by atoms with Gasteiger partial charge in [-0.05, 0) is 12.8 Å². The van der Waals surface area contributed by atoms with Gasteiger partial charge in [-0.3, -0.25) is 9.59 Å². The molecular weight excluding hydrogens is 507 g/mol. The van der Waals surface area contributed by atoms with Crippen molar-refractivity contribution in [1.29, 1.82) is 0 Å². The van der Waals surface area contributed by atoms with Crippen molar-refractivity contribution < 1.29 is 19.8 Å². The summed E-state index contributed by atoms with van der Waals surface area (Å²) in [6, 6.07) is 0. The van der Waals surface area contributed by atoms with Gasteiger partial charge in [0.05, 0.1) is 0 Å². The molecule has 0 heterocycles. The van der Waals surface area contributed by atoms with Crippen molar-refractivity contribution in [3.63, 3.8) is 0 Å². The monoisotopic (exact) mass is 558 g/mol. The number of rotatable bonds is 11. The van der Waals surface area contributed by atoms with Crippen LogP contribution in [0.4, 0.5) is 0 Å². The summed E-state index contributed by atoms with van der Waals surface area (Å²) in [5, 5.41) is 16.6. The molecule has 0 bridgehead atoms. The molecule has 0 spiro atoms. The van der Waals surface area contributed by atoms with E-state index < -0.39 is 31.7 Å². The Balaban J connectivity index is 0.000000247. The fourth-order valence-electron chi connectivity index (χ4n) is 6.79. The average molecular weight is 557 g/mol. The molecule has 0 radical (unpaired) electrons. The molecule has 0 aromatic rings. The third-order valence-electron chi connectivity index (χ3n) is 8.36. The van der Waals surface area contributed by atoms with Crippen LogP contribution in [0.1, 0.15) is 141 Å². The molecule has 0 saturated heterocycles. The molecule has 0 atom stereocenters. The molecular formula is C27H50O4Sn. The molecule has 186 valence electrons. The van der Waals surface area contributed by atoms with Crippen LogP contribution in [-0.4, -0.2) is 41.9 Å². The van der Waals surface area contributed by atoms with Crippen molar-refractivity contribution in [2.24, 2.45) is 0 Å². The summed E-state index contributed by atoms with van der Waals surface area (Å²) in [6.45, 7) is 0. The first-order chi connectivity index (χ1) is 15.6. The van der Waals surface area contributed by atoms with Gasteiger partial charge in [-0.25, -0.2) is 0 Å². The maximum atomic E-state index is 10.1. The number of carbonyl (C=O) groups is 2. The van der Waals surface area contributed by atoms with Crippen LogP contribution < -0.4 is 0 Å². The normalized spacial score (nSPS) is 21.2. The third-order valence-corrected chi connectivity index (χ3v) is 23.4. The van der Waals surface area contributed by atoms with Crippen molar-refractivity contribution in [2.75, 3.05) is 0 Å². The van der Waals surface area contributed by atoms with Gasteiger partial charge in [0.15, 0.2) is 0 Å². The predicted molar refractivity (Wildman–Crippen MR) is 135 cm³/mol. The smallest absolute Gasteiger partial charge is 0.303 e. The molecule has 32 heavy (non-hydrogen) atoms. The number of aliphatic carboxylic acids is 2. The zero-order chi connectivity index (χ0) is 23.0. The van der Waals surface area contributed by atoms with Crippen LogP contribution in [0.3, 0.4) is 0 Å². The van der Waals surface area contributed by atoms with E-state index in [2.05, 4.69) is 0 Å². The van der Waals surface area contributed by atoms with Gasteiger partial charge < -0.3 is 10.2 Å². The second kappa shape index (κ2) is 17.2. The van der Waals surface area contributed by atoms with Crippen molar-refractivity contribution in [3.8, 4) is 0 Å². The maximum Gasteiger partial charge on any atom is 0.303 e. The molecule has 3 rings (SSSR count). The van der Waals surface area contributed by atoms with Gasteiger partial charge in [0.2, 0.25) is 0 Å². The van der Waals surface area contributed by atoms with Crippen LogP contribution in [0.25, 0.3) is 0 Å². The number of hydrogen-bond acceptors (Lipinski definition) is 2. The summed E-state index contributed by atoms with van der Waals surface area (Å²) in [5.74, 6) is -1.52. The number of hydrogen-bond donors (Lipinski definition) is 2. The van der Waals surface area contributed by atoms with E-state index in [-0.39, 0.29) is 12.8 Å². The van der Waals surface area contributed by atoms with Crippen LogP contribution >= 0.6 is 0 Å². The molecule has 3 aliphatic carbocycles. The van der Waals surface area contributed by atoms with Gasteiger partial charge in [-0.2, -0.15) is 0 Å². The van der Waals surface area contributed by atoms with E-state index >= 15 is 0 Å². The molecule has 5 heteroatoms. The summed E-state index contributed by atoms with van der Waals surface area (Å²) in [6.07, 6.45) is 28.8. The molecule has 0 aliphatic heterocycles. The summed E-state index contributed by atoms with van der Waals surface area (Å²) < 4.78 is 4.00. The van der Waals surface area contributed by atoms with E-state index in [9.17, 15) is 9.59 Å². The topological polar surface area (TPSA) is 74.6 Å². The first kappa shape index (κ1) is 28.0. The standard InChI is InChI=1S/C9H16O4.3C6H11.Sn.H/c10-8(11)6-4-2-1-3-5-7-9(12)13;3*1-2-4-6-5-3-1;;/h1-7H2,(H,10,11)(H,12,13);3*1H,2-6H2;;. The first-order valence-corrected chi connectivity index (χ1v) is 19.7. The van der Waals surface area contributed by atoms with Gasteiger partial charge in [-0.15, -0.1) is 0 Å². The van der Waals surface area contributed by atoms with Crippen LogP contribution in [0.15, 0.2) is 0 Å². The van der Waals surface area contributed by atoms with Crippen molar-refractivity contribution >= 4 is 31.7 Å². The predicted octanol–water partition coefficient (Wildman–Crippen LogP) is 8.10. The molecule has 3 aliphatic rings. The van der Waals surface area contributed by atoms with E-state index in [0.717, 1.165) is 19.3 Å². The quantitative estimate of drug-likeness (QED) is 0.199. The van der Waals surface area contributed by atoms with Crippen LogP contribution in [0, 0.1) is 0 Å². The zero-order valence-corrected chi connectivity index (χ0v) is 23.9. The largest absolute Gasteiger partial charge is 0.481 e. The van der Waals surface area contributed by atoms with Gasteiger partial charge in [0, 0.05) is 12.8 Å². The molecule has 0 aromatic carbocycles. The summed E-state index contributed by atoms with van der Waals surface area (Å²) in [5.41, 5.74) is 0. The average Bonchev–Trinajstić information content (AvgIpc) is 2.81. The number of unbranched alkanes of at least 4 members (excludes halogenated alkanes) is 4. The van der Waals surface area contributed by atoms with E-state index in [1.807, 2.05) is 0 Å². The first-order valence-electron chi connectivity index (χ1n) is 14.0. The molecule has 0 aromatic heterocycles. The fourth-order valence-corrected chi connectivity index (χ4v) is 24.0. The Morgan fingerprint density at radius 2 is 0.781 bits per heavy atom. The number of carboxylic acid groups (broad SMARTS) is 2. The Labute approximate surface area is 204 Å². The Hall–Kier alpha value is -0.261.